The molecule has 1 aliphatic rings. The largest absolute Gasteiger partial charge is 0.460 e. The molecule has 4 heteroatoms. The summed E-state index contributed by atoms with van der Waals surface area (Å²) in [5, 5.41) is 0. The van der Waals surface area contributed by atoms with E-state index in [1.54, 1.807) is 6.07 Å². The van der Waals surface area contributed by atoms with Gasteiger partial charge in [-0.25, -0.2) is 0 Å². The summed E-state index contributed by atoms with van der Waals surface area (Å²) >= 11 is 3.35. The summed E-state index contributed by atoms with van der Waals surface area (Å²) in [4.78, 5) is 12.6. The van der Waals surface area contributed by atoms with E-state index < -0.39 is 5.41 Å². The van der Waals surface area contributed by atoms with E-state index in [2.05, 4.69) is 15.9 Å². The fraction of sp³-hybridized carbons (Fsp3) is 0.615. The molecular weight excluding hydrogens is 282 g/mol. The van der Waals surface area contributed by atoms with Crippen LogP contribution in [0.3, 0.4) is 0 Å². The van der Waals surface area contributed by atoms with Gasteiger partial charge in [0, 0.05) is 12.0 Å². The first-order chi connectivity index (χ1) is 8.19. The summed E-state index contributed by atoms with van der Waals surface area (Å²) in [6, 6.07) is 1.76. The lowest BCUT2D eigenvalue weighted by Gasteiger charge is -2.28. The van der Waals surface area contributed by atoms with E-state index >= 15 is 0 Å². The Morgan fingerprint density at radius 2 is 2.00 bits per heavy atom. The van der Waals surface area contributed by atoms with Gasteiger partial charge in [-0.3, -0.25) is 4.79 Å². The lowest BCUT2D eigenvalue weighted by molar-refractivity contribution is 0.0742. The molecule has 94 valence electrons. The van der Waals surface area contributed by atoms with Gasteiger partial charge in [0.15, 0.2) is 5.76 Å². The normalized spacial score (nSPS) is 19.9. The second kappa shape index (κ2) is 5.36. The number of Topliss-reactive ketones (excluding diaryl/α,β-unsaturated/α-hetero) is 1. The van der Waals surface area contributed by atoms with E-state index in [-0.39, 0.29) is 5.78 Å². The molecule has 0 unspecified atom stereocenters. The van der Waals surface area contributed by atoms with Crippen LogP contribution in [0.1, 0.15) is 49.1 Å². The number of ketones is 1. The minimum Gasteiger partial charge on any atom is -0.460 e. The van der Waals surface area contributed by atoms with E-state index in [1.807, 2.05) is 0 Å². The van der Waals surface area contributed by atoms with Gasteiger partial charge in [-0.2, -0.15) is 0 Å². The van der Waals surface area contributed by atoms with Gasteiger partial charge in [0.1, 0.15) is 0 Å². The molecule has 1 aromatic rings. The lowest BCUT2D eigenvalue weighted by atomic mass is 9.76. The van der Waals surface area contributed by atoms with Crippen LogP contribution < -0.4 is 5.73 Å². The molecule has 1 aromatic heterocycles. The molecular formula is C13H18BrNO2. The summed E-state index contributed by atoms with van der Waals surface area (Å²) < 4.78 is 6.03. The molecule has 0 atom stereocenters. The smallest absolute Gasteiger partial charge is 0.206 e. The van der Waals surface area contributed by atoms with Crippen LogP contribution in [0.25, 0.3) is 0 Å². The van der Waals surface area contributed by atoms with Crippen LogP contribution in [-0.2, 0) is 0 Å². The quantitative estimate of drug-likeness (QED) is 0.686. The molecule has 1 saturated carbocycles. The zero-order valence-electron chi connectivity index (χ0n) is 9.88. The van der Waals surface area contributed by atoms with Crippen LogP contribution in [0, 0.1) is 5.41 Å². The Morgan fingerprint density at radius 3 is 2.47 bits per heavy atom. The Bertz CT molecular complexity index is 392. The fourth-order valence-electron chi connectivity index (χ4n) is 2.63. The van der Waals surface area contributed by atoms with E-state index in [1.165, 1.54) is 19.1 Å². The summed E-state index contributed by atoms with van der Waals surface area (Å²) in [6.45, 7) is 0.416. The fourth-order valence-corrected chi connectivity index (χ4v) is 3.01. The van der Waals surface area contributed by atoms with E-state index in [0.717, 1.165) is 30.2 Å². The highest BCUT2D eigenvalue weighted by Gasteiger charge is 2.39. The van der Waals surface area contributed by atoms with Crippen LogP contribution in [0.15, 0.2) is 21.2 Å². The van der Waals surface area contributed by atoms with Crippen molar-refractivity contribution in [3.63, 3.8) is 0 Å². The van der Waals surface area contributed by atoms with Crippen molar-refractivity contribution < 1.29 is 9.21 Å². The molecule has 2 N–H and O–H groups in total. The highest BCUT2D eigenvalue weighted by molar-refractivity contribution is 9.10. The van der Waals surface area contributed by atoms with Crippen LogP contribution in [-0.4, -0.2) is 12.3 Å². The van der Waals surface area contributed by atoms with Crippen molar-refractivity contribution >= 4 is 21.7 Å². The maximum atomic E-state index is 12.6. The number of hydrogen-bond donors (Lipinski definition) is 1. The molecule has 17 heavy (non-hydrogen) atoms. The highest BCUT2D eigenvalue weighted by Crippen LogP contribution is 2.38. The minimum atomic E-state index is -0.406. The third-order valence-electron chi connectivity index (χ3n) is 3.76. The van der Waals surface area contributed by atoms with Crippen molar-refractivity contribution in [2.24, 2.45) is 11.1 Å². The SMILES string of the molecule is NCC1(C(=O)c2occc2Br)CCCCCC1. The molecule has 0 radical (unpaired) electrons. The monoisotopic (exact) mass is 299 g/mol. The number of furan rings is 1. The molecule has 3 nitrogen and oxygen atoms in total. The van der Waals surface area contributed by atoms with Gasteiger partial charge in [-0.1, -0.05) is 25.7 Å². The summed E-state index contributed by atoms with van der Waals surface area (Å²) in [5.41, 5.74) is 5.48. The maximum absolute atomic E-state index is 12.6. The second-order valence-corrected chi connectivity index (χ2v) is 5.68. The zero-order valence-corrected chi connectivity index (χ0v) is 11.5. The van der Waals surface area contributed by atoms with Crippen LogP contribution in [0.4, 0.5) is 0 Å². The van der Waals surface area contributed by atoms with Crippen LogP contribution in [0.2, 0.25) is 0 Å². The van der Waals surface area contributed by atoms with Gasteiger partial charge in [0.25, 0.3) is 0 Å². The van der Waals surface area contributed by atoms with Gasteiger partial charge in [-0.15, -0.1) is 0 Å². The standard InChI is InChI=1S/C13H18BrNO2/c14-10-5-8-17-11(10)12(16)13(9-15)6-3-1-2-4-7-13/h5,8H,1-4,6-7,9,15H2. The Morgan fingerprint density at radius 1 is 1.35 bits per heavy atom. The Balaban J connectivity index is 2.28. The topological polar surface area (TPSA) is 56.2 Å². The minimum absolute atomic E-state index is 0.0683. The molecule has 1 fully saturated rings. The Kier molecular flexibility index (Phi) is 4.05. The van der Waals surface area contributed by atoms with Crippen molar-refractivity contribution in [1.29, 1.82) is 0 Å². The van der Waals surface area contributed by atoms with Gasteiger partial charge >= 0.3 is 0 Å². The maximum Gasteiger partial charge on any atom is 0.206 e. The van der Waals surface area contributed by atoms with E-state index in [0.29, 0.717) is 12.3 Å². The molecule has 0 amide bonds. The Hall–Kier alpha value is -0.610. The predicted molar refractivity (Wildman–Crippen MR) is 69.9 cm³/mol. The average molecular weight is 300 g/mol. The molecule has 2 rings (SSSR count). The molecule has 1 aliphatic carbocycles. The number of rotatable bonds is 3. The number of halogens is 1. The number of carbonyl (C=O) groups excluding carboxylic acids is 1. The highest BCUT2D eigenvalue weighted by atomic mass is 79.9. The Labute approximate surface area is 110 Å². The van der Waals surface area contributed by atoms with Gasteiger partial charge in [-0.05, 0) is 34.8 Å². The van der Waals surface area contributed by atoms with E-state index in [4.69, 9.17) is 10.2 Å². The van der Waals surface area contributed by atoms with Crippen molar-refractivity contribution in [2.75, 3.05) is 6.54 Å². The van der Waals surface area contributed by atoms with Gasteiger partial charge in [0.2, 0.25) is 5.78 Å². The van der Waals surface area contributed by atoms with Crippen molar-refractivity contribution in [3.05, 3.63) is 22.6 Å². The molecule has 0 spiro atoms. The summed E-state index contributed by atoms with van der Waals surface area (Å²) in [6.07, 6.45) is 7.88. The summed E-state index contributed by atoms with van der Waals surface area (Å²) in [5.74, 6) is 0.496. The third kappa shape index (κ3) is 2.47. The first-order valence-corrected chi connectivity index (χ1v) is 6.97. The predicted octanol–water partition coefficient (Wildman–Crippen LogP) is 3.52. The first-order valence-electron chi connectivity index (χ1n) is 6.17. The van der Waals surface area contributed by atoms with Crippen LogP contribution >= 0.6 is 15.9 Å². The molecule has 1 heterocycles. The van der Waals surface area contributed by atoms with Crippen molar-refractivity contribution in [1.82, 2.24) is 0 Å². The first kappa shape index (κ1) is 12.8. The van der Waals surface area contributed by atoms with E-state index in [9.17, 15) is 4.79 Å². The second-order valence-electron chi connectivity index (χ2n) is 4.83. The number of hydrogen-bond acceptors (Lipinski definition) is 3. The lowest BCUT2D eigenvalue weighted by Crippen LogP contribution is -2.38. The van der Waals surface area contributed by atoms with Crippen molar-refractivity contribution in [2.45, 2.75) is 38.5 Å². The third-order valence-corrected chi connectivity index (χ3v) is 4.38. The molecule has 0 aliphatic heterocycles. The molecule has 0 saturated heterocycles. The zero-order chi connectivity index (χ0) is 12.3. The van der Waals surface area contributed by atoms with Gasteiger partial charge < -0.3 is 10.2 Å². The van der Waals surface area contributed by atoms with Crippen molar-refractivity contribution in [3.8, 4) is 0 Å². The molecule has 0 aromatic carbocycles. The molecule has 0 bridgehead atoms. The summed E-state index contributed by atoms with van der Waals surface area (Å²) in [7, 11) is 0. The van der Waals surface area contributed by atoms with Gasteiger partial charge in [0.05, 0.1) is 10.7 Å². The van der Waals surface area contributed by atoms with Crippen LogP contribution in [0.5, 0.6) is 0 Å². The average Bonchev–Trinajstić information content (AvgIpc) is 2.64. The number of carbonyl (C=O) groups is 1. The number of nitrogens with two attached hydrogens (primary N) is 1.